The van der Waals surface area contributed by atoms with Crippen LogP contribution in [0.1, 0.15) is 32.3 Å². The van der Waals surface area contributed by atoms with E-state index in [0.717, 1.165) is 30.6 Å². The van der Waals surface area contributed by atoms with Gasteiger partial charge in [-0.3, -0.25) is 4.79 Å². The standard InChI is InChI=1S/C15H22N2O2/c1-3-19-11-12-7-4-5-8-13(12)17-14(18)15(2)9-6-10-16-15/h4-5,7-8,16H,3,6,9-11H2,1-2H3,(H,17,18). The number of carbonyl (C=O) groups is 1. The highest BCUT2D eigenvalue weighted by Gasteiger charge is 2.35. The lowest BCUT2D eigenvalue weighted by atomic mass is 9.99. The van der Waals surface area contributed by atoms with Crippen molar-refractivity contribution in [3.8, 4) is 0 Å². The normalized spacial score (nSPS) is 22.4. The summed E-state index contributed by atoms with van der Waals surface area (Å²) in [7, 11) is 0. The Kier molecular flexibility index (Phi) is 4.56. The predicted molar refractivity (Wildman–Crippen MR) is 76.0 cm³/mol. The van der Waals surface area contributed by atoms with Gasteiger partial charge in [0.05, 0.1) is 12.1 Å². The Balaban J connectivity index is 2.07. The Hall–Kier alpha value is -1.39. The highest BCUT2D eigenvalue weighted by molar-refractivity contribution is 5.98. The van der Waals surface area contributed by atoms with E-state index in [2.05, 4.69) is 10.6 Å². The SMILES string of the molecule is CCOCc1ccccc1NC(=O)C1(C)CCCN1. The molecular formula is C15H22N2O2. The molecule has 19 heavy (non-hydrogen) atoms. The number of hydrogen-bond acceptors (Lipinski definition) is 3. The van der Waals surface area contributed by atoms with Gasteiger partial charge in [0.25, 0.3) is 0 Å². The highest BCUT2D eigenvalue weighted by Crippen LogP contribution is 2.22. The molecule has 2 N–H and O–H groups in total. The number of nitrogens with one attached hydrogen (secondary N) is 2. The van der Waals surface area contributed by atoms with Gasteiger partial charge in [0, 0.05) is 17.9 Å². The van der Waals surface area contributed by atoms with E-state index in [9.17, 15) is 4.79 Å². The molecule has 1 unspecified atom stereocenters. The fraction of sp³-hybridized carbons (Fsp3) is 0.533. The van der Waals surface area contributed by atoms with E-state index in [1.165, 1.54) is 0 Å². The summed E-state index contributed by atoms with van der Waals surface area (Å²) >= 11 is 0. The molecule has 0 saturated carbocycles. The van der Waals surface area contributed by atoms with Crippen LogP contribution in [0.2, 0.25) is 0 Å². The topological polar surface area (TPSA) is 50.4 Å². The zero-order valence-corrected chi connectivity index (χ0v) is 11.7. The van der Waals surface area contributed by atoms with Gasteiger partial charge in [0.1, 0.15) is 0 Å². The van der Waals surface area contributed by atoms with Crippen LogP contribution in [0.3, 0.4) is 0 Å². The molecule has 1 aromatic rings. The molecule has 1 amide bonds. The molecule has 2 rings (SSSR count). The van der Waals surface area contributed by atoms with Crippen molar-refractivity contribution < 1.29 is 9.53 Å². The van der Waals surface area contributed by atoms with E-state index in [4.69, 9.17) is 4.74 Å². The zero-order valence-electron chi connectivity index (χ0n) is 11.7. The van der Waals surface area contributed by atoms with E-state index in [1.807, 2.05) is 38.1 Å². The monoisotopic (exact) mass is 262 g/mol. The summed E-state index contributed by atoms with van der Waals surface area (Å²) in [5.41, 5.74) is 1.41. The third kappa shape index (κ3) is 3.33. The molecule has 1 fully saturated rings. The number of hydrogen-bond donors (Lipinski definition) is 2. The fourth-order valence-corrected chi connectivity index (χ4v) is 2.33. The van der Waals surface area contributed by atoms with Crippen LogP contribution >= 0.6 is 0 Å². The smallest absolute Gasteiger partial charge is 0.244 e. The van der Waals surface area contributed by atoms with Crippen molar-refractivity contribution in [3.05, 3.63) is 29.8 Å². The van der Waals surface area contributed by atoms with Crippen molar-refractivity contribution in [1.82, 2.24) is 5.32 Å². The minimum Gasteiger partial charge on any atom is -0.377 e. The van der Waals surface area contributed by atoms with Crippen LogP contribution in [0.4, 0.5) is 5.69 Å². The maximum atomic E-state index is 12.3. The Morgan fingerprint density at radius 1 is 1.47 bits per heavy atom. The maximum Gasteiger partial charge on any atom is 0.244 e. The van der Waals surface area contributed by atoms with E-state index in [1.54, 1.807) is 0 Å². The van der Waals surface area contributed by atoms with Crippen molar-refractivity contribution >= 4 is 11.6 Å². The largest absolute Gasteiger partial charge is 0.377 e. The van der Waals surface area contributed by atoms with Crippen LogP contribution in [-0.2, 0) is 16.1 Å². The summed E-state index contributed by atoms with van der Waals surface area (Å²) in [6.45, 7) is 6.02. The molecule has 1 saturated heterocycles. The van der Waals surface area contributed by atoms with Crippen molar-refractivity contribution in [1.29, 1.82) is 0 Å². The summed E-state index contributed by atoms with van der Waals surface area (Å²) in [4.78, 5) is 12.3. The van der Waals surface area contributed by atoms with Gasteiger partial charge in [-0.1, -0.05) is 18.2 Å². The van der Waals surface area contributed by atoms with E-state index < -0.39 is 5.54 Å². The summed E-state index contributed by atoms with van der Waals surface area (Å²) in [5, 5.41) is 6.29. The molecule has 1 aromatic carbocycles. The lowest BCUT2D eigenvalue weighted by Crippen LogP contribution is -2.48. The van der Waals surface area contributed by atoms with Gasteiger partial charge in [-0.15, -0.1) is 0 Å². The summed E-state index contributed by atoms with van der Waals surface area (Å²) in [5.74, 6) is 0.0361. The molecule has 4 nitrogen and oxygen atoms in total. The molecule has 1 aliphatic rings. The Morgan fingerprint density at radius 3 is 2.95 bits per heavy atom. The van der Waals surface area contributed by atoms with Crippen LogP contribution in [0, 0.1) is 0 Å². The number of anilines is 1. The molecular weight excluding hydrogens is 240 g/mol. The average molecular weight is 262 g/mol. The van der Waals surface area contributed by atoms with E-state index in [0.29, 0.717) is 13.2 Å². The Bertz CT molecular complexity index is 440. The molecule has 1 aliphatic heterocycles. The zero-order chi connectivity index (χ0) is 13.7. The third-order valence-electron chi connectivity index (χ3n) is 3.60. The minimum atomic E-state index is -0.446. The van der Waals surface area contributed by atoms with E-state index >= 15 is 0 Å². The summed E-state index contributed by atoms with van der Waals surface area (Å²) < 4.78 is 5.43. The van der Waals surface area contributed by atoms with E-state index in [-0.39, 0.29) is 5.91 Å². The van der Waals surface area contributed by atoms with Gasteiger partial charge in [0.15, 0.2) is 0 Å². The number of ether oxygens (including phenoxy) is 1. The van der Waals surface area contributed by atoms with Gasteiger partial charge < -0.3 is 15.4 Å². The maximum absolute atomic E-state index is 12.3. The van der Waals surface area contributed by atoms with Crippen molar-refractivity contribution in [2.45, 2.75) is 38.8 Å². The molecule has 104 valence electrons. The number of amides is 1. The van der Waals surface area contributed by atoms with Gasteiger partial charge in [-0.25, -0.2) is 0 Å². The van der Waals surface area contributed by atoms with Gasteiger partial charge in [-0.2, -0.15) is 0 Å². The second-order valence-corrected chi connectivity index (χ2v) is 5.11. The second-order valence-electron chi connectivity index (χ2n) is 5.11. The number of benzene rings is 1. The molecule has 0 aromatic heterocycles. The van der Waals surface area contributed by atoms with Gasteiger partial charge in [-0.05, 0) is 39.3 Å². The first-order chi connectivity index (χ1) is 9.15. The second kappa shape index (κ2) is 6.17. The number of carbonyl (C=O) groups excluding carboxylic acids is 1. The average Bonchev–Trinajstić information content (AvgIpc) is 2.86. The van der Waals surface area contributed by atoms with Crippen LogP contribution in [0.15, 0.2) is 24.3 Å². The van der Waals surface area contributed by atoms with Gasteiger partial charge >= 0.3 is 0 Å². The first-order valence-electron chi connectivity index (χ1n) is 6.88. The van der Waals surface area contributed by atoms with Crippen molar-refractivity contribution in [2.24, 2.45) is 0 Å². The molecule has 1 atom stereocenters. The highest BCUT2D eigenvalue weighted by atomic mass is 16.5. The van der Waals surface area contributed by atoms with Crippen LogP contribution in [0.25, 0.3) is 0 Å². The molecule has 0 spiro atoms. The lowest BCUT2D eigenvalue weighted by molar-refractivity contribution is -0.121. The molecule has 1 heterocycles. The lowest BCUT2D eigenvalue weighted by Gasteiger charge is -2.23. The summed E-state index contributed by atoms with van der Waals surface area (Å²) in [6, 6.07) is 7.79. The van der Waals surface area contributed by atoms with Crippen LogP contribution in [0.5, 0.6) is 0 Å². The quantitative estimate of drug-likeness (QED) is 0.856. The van der Waals surface area contributed by atoms with Crippen molar-refractivity contribution in [3.63, 3.8) is 0 Å². The van der Waals surface area contributed by atoms with Crippen LogP contribution < -0.4 is 10.6 Å². The summed E-state index contributed by atoms with van der Waals surface area (Å²) in [6.07, 6.45) is 1.93. The Morgan fingerprint density at radius 2 is 2.26 bits per heavy atom. The number of para-hydroxylation sites is 1. The number of rotatable bonds is 5. The first kappa shape index (κ1) is 14.0. The Labute approximate surface area is 114 Å². The molecule has 0 aliphatic carbocycles. The first-order valence-corrected chi connectivity index (χ1v) is 6.88. The fourth-order valence-electron chi connectivity index (χ4n) is 2.33. The predicted octanol–water partition coefficient (Wildman–Crippen LogP) is 2.30. The molecule has 0 bridgehead atoms. The van der Waals surface area contributed by atoms with Gasteiger partial charge in [0.2, 0.25) is 5.91 Å². The van der Waals surface area contributed by atoms with Crippen molar-refractivity contribution in [2.75, 3.05) is 18.5 Å². The third-order valence-corrected chi connectivity index (χ3v) is 3.60. The molecule has 4 heteroatoms. The molecule has 0 radical (unpaired) electrons. The minimum absolute atomic E-state index is 0.0361. The van der Waals surface area contributed by atoms with Crippen LogP contribution in [-0.4, -0.2) is 24.6 Å².